The highest BCUT2D eigenvalue weighted by molar-refractivity contribution is 7.99. The summed E-state index contributed by atoms with van der Waals surface area (Å²) in [5.74, 6) is 2.01. The topological polar surface area (TPSA) is 12.0 Å². The second-order valence-corrected chi connectivity index (χ2v) is 6.12. The van der Waals surface area contributed by atoms with E-state index >= 15 is 0 Å². The van der Waals surface area contributed by atoms with Crippen molar-refractivity contribution in [3.05, 3.63) is 45.4 Å². The third-order valence-corrected chi connectivity index (χ3v) is 4.74. The Hall–Kier alpha value is 0.140. The summed E-state index contributed by atoms with van der Waals surface area (Å²) in [7, 11) is 0. The van der Waals surface area contributed by atoms with Crippen LogP contribution in [0.3, 0.4) is 0 Å². The van der Waals surface area contributed by atoms with Crippen molar-refractivity contribution in [3.8, 4) is 0 Å². The fourth-order valence-corrected chi connectivity index (χ4v) is 2.80. The molecule has 0 heterocycles. The molecule has 0 aliphatic carbocycles. The Bertz CT molecular complexity index is 409. The van der Waals surface area contributed by atoms with E-state index in [0.29, 0.717) is 15.1 Å². The van der Waals surface area contributed by atoms with Gasteiger partial charge in [0.05, 0.1) is 15.1 Å². The summed E-state index contributed by atoms with van der Waals surface area (Å²) in [5, 5.41) is 4.84. The SMILES string of the molecule is C=CCSCCNC(C)c1ccc(Cl)c(Cl)c1Cl. The second-order valence-electron chi connectivity index (χ2n) is 3.80. The Kier molecular flexibility index (Phi) is 7.50. The Labute approximate surface area is 128 Å². The molecule has 0 saturated carbocycles. The molecule has 1 aromatic rings. The van der Waals surface area contributed by atoms with Gasteiger partial charge in [-0.3, -0.25) is 0 Å². The van der Waals surface area contributed by atoms with Crippen molar-refractivity contribution in [2.75, 3.05) is 18.1 Å². The molecule has 0 spiro atoms. The molecular weight excluding hydrogens is 309 g/mol. The summed E-state index contributed by atoms with van der Waals surface area (Å²) in [5.41, 5.74) is 0.972. The van der Waals surface area contributed by atoms with Gasteiger partial charge in [-0.15, -0.1) is 6.58 Å². The van der Waals surface area contributed by atoms with Gasteiger partial charge in [-0.1, -0.05) is 46.9 Å². The number of nitrogens with one attached hydrogen (secondary N) is 1. The third kappa shape index (κ3) is 4.67. The Morgan fingerprint density at radius 3 is 2.72 bits per heavy atom. The van der Waals surface area contributed by atoms with Gasteiger partial charge in [0.15, 0.2) is 0 Å². The molecule has 1 N–H and O–H groups in total. The first kappa shape index (κ1) is 16.2. The lowest BCUT2D eigenvalue weighted by Gasteiger charge is -2.16. The fraction of sp³-hybridized carbons (Fsp3) is 0.385. The van der Waals surface area contributed by atoms with Crippen molar-refractivity contribution in [1.29, 1.82) is 0 Å². The molecule has 0 aromatic heterocycles. The lowest BCUT2D eigenvalue weighted by molar-refractivity contribution is 0.601. The average molecular weight is 325 g/mol. The zero-order valence-electron chi connectivity index (χ0n) is 10.2. The highest BCUT2D eigenvalue weighted by Gasteiger charge is 2.13. The maximum Gasteiger partial charge on any atom is 0.0781 e. The van der Waals surface area contributed by atoms with Crippen molar-refractivity contribution in [2.45, 2.75) is 13.0 Å². The quantitative estimate of drug-likeness (QED) is 0.419. The molecule has 1 nitrogen and oxygen atoms in total. The van der Waals surface area contributed by atoms with Gasteiger partial charge >= 0.3 is 0 Å². The molecule has 1 atom stereocenters. The van der Waals surface area contributed by atoms with Gasteiger partial charge in [0.2, 0.25) is 0 Å². The van der Waals surface area contributed by atoms with Crippen LogP contribution in [0.2, 0.25) is 15.1 Å². The number of hydrogen-bond donors (Lipinski definition) is 1. The van der Waals surface area contributed by atoms with Gasteiger partial charge in [-0.05, 0) is 18.6 Å². The molecule has 100 valence electrons. The smallest absolute Gasteiger partial charge is 0.0781 e. The lowest BCUT2D eigenvalue weighted by atomic mass is 10.1. The number of halogens is 3. The van der Waals surface area contributed by atoms with Gasteiger partial charge < -0.3 is 5.32 Å². The van der Waals surface area contributed by atoms with Crippen LogP contribution >= 0.6 is 46.6 Å². The van der Waals surface area contributed by atoms with Gasteiger partial charge in [-0.2, -0.15) is 11.8 Å². The van der Waals surface area contributed by atoms with Crippen LogP contribution in [-0.2, 0) is 0 Å². The molecule has 0 amide bonds. The molecule has 0 bridgehead atoms. The number of hydrogen-bond acceptors (Lipinski definition) is 2. The lowest BCUT2D eigenvalue weighted by Crippen LogP contribution is -2.21. The molecule has 0 aliphatic rings. The van der Waals surface area contributed by atoms with Crippen molar-refractivity contribution < 1.29 is 0 Å². The van der Waals surface area contributed by atoms with Crippen molar-refractivity contribution >= 4 is 46.6 Å². The number of thioether (sulfide) groups is 1. The Balaban J connectivity index is 2.54. The standard InChI is InChI=1S/C13H16Cl3NS/c1-3-7-18-8-6-17-9(2)10-4-5-11(14)13(16)12(10)15/h3-5,9,17H,1,6-8H2,2H3. The van der Waals surface area contributed by atoms with E-state index < -0.39 is 0 Å². The summed E-state index contributed by atoms with van der Waals surface area (Å²) in [6.07, 6.45) is 1.91. The Morgan fingerprint density at radius 2 is 2.06 bits per heavy atom. The summed E-state index contributed by atoms with van der Waals surface area (Å²) < 4.78 is 0. The Morgan fingerprint density at radius 1 is 1.33 bits per heavy atom. The van der Waals surface area contributed by atoms with Gasteiger partial charge in [0, 0.05) is 24.1 Å². The predicted molar refractivity (Wildman–Crippen MR) is 85.4 cm³/mol. The molecule has 1 aromatic carbocycles. The zero-order valence-corrected chi connectivity index (χ0v) is 13.3. The first-order valence-corrected chi connectivity index (χ1v) is 7.92. The van der Waals surface area contributed by atoms with Crippen LogP contribution in [0.4, 0.5) is 0 Å². The molecule has 5 heteroatoms. The minimum absolute atomic E-state index is 0.150. The molecule has 0 radical (unpaired) electrons. The summed E-state index contributed by atoms with van der Waals surface area (Å²) in [6, 6.07) is 3.83. The first-order valence-electron chi connectivity index (χ1n) is 5.63. The van der Waals surface area contributed by atoms with E-state index in [-0.39, 0.29) is 6.04 Å². The van der Waals surface area contributed by atoms with Gasteiger partial charge in [0.25, 0.3) is 0 Å². The first-order chi connectivity index (χ1) is 8.57. The van der Waals surface area contributed by atoms with Crippen molar-refractivity contribution in [1.82, 2.24) is 5.32 Å². The molecule has 0 aliphatic heterocycles. The van der Waals surface area contributed by atoms with E-state index in [0.717, 1.165) is 23.6 Å². The van der Waals surface area contributed by atoms with E-state index in [1.807, 2.05) is 23.9 Å². The van der Waals surface area contributed by atoms with E-state index in [4.69, 9.17) is 34.8 Å². The summed E-state index contributed by atoms with van der Waals surface area (Å²) >= 11 is 19.9. The van der Waals surface area contributed by atoms with Crippen LogP contribution in [0.1, 0.15) is 18.5 Å². The highest BCUT2D eigenvalue weighted by atomic mass is 35.5. The highest BCUT2D eigenvalue weighted by Crippen LogP contribution is 2.35. The van der Waals surface area contributed by atoms with E-state index in [1.54, 1.807) is 6.07 Å². The molecule has 0 fully saturated rings. The maximum atomic E-state index is 6.18. The van der Waals surface area contributed by atoms with E-state index in [2.05, 4.69) is 18.8 Å². The van der Waals surface area contributed by atoms with Crippen LogP contribution in [0, 0.1) is 0 Å². The van der Waals surface area contributed by atoms with Crippen molar-refractivity contribution in [3.63, 3.8) is 0 Å². The largest absolute Gasteiger partial charge is 0.309 e. The second kappa shape index (κ2) is 8.34. The minimum Gasteiger partial charge on any atom is -0.309 e. The molecular formula is C13H16Cl3NS. The van der Waals surface area contributed by atoms with E-state index in [1.165, 1.54) is 0 Å². The summed E-state index contributed by atoms with van der Waals surface area (Å²) in [4.78, 5) is 0. The monoisotopic (exact) mass is 323 g/mol. The number of rotatable bonds is 7. The normalized spacial score (nSPS) is 12.4. The van der Waals surface area contributed by atoms with Crippen molar-refractivity contribution in [2.24, 2.45) is 0 Å². The zero-order chi connectivity index (χ0) is 13.5. The molecule has 1 unspecified atom stereocenters. The minimum atomic E-state index is 0.150. The van der Waals surface area contributed by atoms with Crippen LogP contribution in [0.25, 0.3) is 0 Å². The fourth-order valence-electron chi connectivity index (χ4n) is 1.50. The predicted octanol–water partition coefficient (Wildman–Crippen LogP) is 5.22. The molecule has 1 rings (SSSR count). The van der Waals surface area contributed by atoms with Crippen LogP contribution in [-0.4, -0.2) is 18.1 Å². The maximum absolute atomic E-state index is 6.18. The van der Waals surface area contributed by atoms with E-state index in [9.17, 15) is 0 Å². The van der Waals surface area contributed by atoms with Gasteiger partial charge in [0.1, 0.15) is 0 Å². The average Bonchev–Trinajstić information content (AvgIpc) is 2.35. The van der Waals surface area contributed by atoms with Crippen LogP contribution in [0.15, 0.2) is 24.8 Å². The summed E-state index contributed by atoms with van der Waals surface area (Å²) in [6.45, 7) is 6.66. The third-order valence-electron chi connectivity index (χ3n) is 2.46. The molecule has 18 heavy (non-hydrogen) atoms. The van der Waals surface area contributed by atoms with Crippen LogP contribution in [0.5, 0.6) is 0 Å². The van der Waals surface area contributed by atoms with Crippen LogP contribution < -0.4 is 5.32 Å². The number of benzene rings is 1. The molecule has 0 saturated heterocycles. The van der Waals surface area contributed by atoms with Gasteiger partial charge in [-0.25, -0.2) is 0 Å².